The lowest BCUT2D eigenvalue weighted by Gasteiger charge is -2.35. The van der Waals surface area contributed by atoms with Crippen LogP contribution in [0, 0.1) is 0 Å². The lowest BCUT2D eigenvalue weighted by Crippen LogP contribution is -2.52. The minimum Gasteiger partial charge on any atom is -0.459 e. The summed E-state index contributed by atoms with van der Waals surface area (Å²) in [6, 6.07) is 12.0. The van der Waals surface area contributed by atoms with E-state index in [4.69, 9.17) is 4.42 Å². The highest BCUT2D eigenvalue weighted by atomic mass is 32.2. The number of likely N-dealkylation sites (tertiary alicyclic amines) is 1. The molecular formula is C23H29N3O3S. The topological polar surface area (TPSA) is 57.0 Å². The van der Waals surface area contributed by atoms with Gasteiger partial charge in [-0.05, 0) is 37.5 Å². The fraction of sp³-hybridized carbons (Fsp3) is 0.478. The zero-order valence-electron chi connectivity index (χ0n) is 17.3. The molecule has 2 aliphatic rings. The van der Waals surface area contributed by atoms with Crippen LogP contribution in [0.2, 0.25) is 0 Å². The first-order chi connectivity index (χ1) is 14.7. The summed E-state index contributed by atoms with van der Waals surface area (Å²) in [5, 5.41) is 0. The van der Waals surface area contributed by atoms with Crippen molar-refractivity contribution >= 4 is 23.6 Å². The Morgan fingerprint density at radius 2 is 1.60 bits per heavy atom. The monoisotopic (exact) mass is 427 g/mol. The zero-order valence-corrected chi connectivity index (χ0v) is 18.1. The van der Waals surface area contributed by atoms with Gasteiger partial charge in [-0.2, -0.15) is 0 Å². The van der Waals surface area contributed by atoms with Crippen LogP contribution in [0.1, 0.15) is 35.4 Å². The molecule has 160 valence electrons. The van der Waals surface area contributed by atoms with E-state index in [1.807, 2.05) is 34.1 Å². The average molecular weight is 428 g/mol. The molecule has 0 bridgehead atoms. The van der Waals surface area contributed by atoms with Gasteiger partial charge in [0.2, 0.25) is 5.91 Å². The SMILES string of the molecule is O=C(CN1CCN(C(=O)c2occc2CSc2ccccc2)CC1)N1CCCCC1. The van der Waals surface area contributed by atoms with Crippen LogP contribution in [0.5, 0.6) is 0 Å². The maximum absolute atomic E-state index is 13.0. The molecule has 0 saturated carbocycles. The number of piperidine rings is 1. The number of benzene rings is 1. The molecule has 6 nitrogen and oxygen atoms in total. The molecule has 3 heterocycles. The maximum Gasteiger partial charge on any atom is 0.289 e. The van der Waals surface area contributed by atoms with Crippen molar-refractivity contribution in [3.8, 4) is 0 Å². The van der Waals surface area contributed by atoms with E-state index in [2.05, 4.69) is 17.0 Å². The number of furan rings is 1. The van der Waals surface area contributed by atoms with E-state index in [1.54, 1.807) is 18.0 Å². The second-order valence-electron chi connectivity index (χ2n) is 7.89. The summed E-state index contributed by atoms with van der Waals surface area (Å²) in [5.74, 6) is 1.31. The van der Waals surface area contributed by atoms with Crippen molar-refractivity contribution in [2.45, 2.75) is 29.9 Å². The first-order valence-corrected chi connectivity index (χ1v) is 11.7. The molecule has 1 aromatic heterocycles. The second-order valence-corrected chi connectivity index (χ2v) is 8.94. The standard InChI is InChI=1S/C23H29N3O3S/c27-21(25-10-5-2-6-11-25)17-24-12-14-26(15-13-24)23(28)22-19(9-16-29-22)18-30-20-7-3-1-4-8-20/h1,3-4,7-9,16H,2,5-6,10-15,17-18H2. The summed E-state index contributed by atoms with van der Waals surface area (Å²) in [5.41, 5.74) is 0.927. The molecule has 7 heteroatoms. The number of carbonyl (C=O) groups excluding carboxylic acids is 2. The quantitative estimate of drug-likeness (QED) is 0.662. The van der Waals surface area contributed by atoms with Crippen molar-refractivity contribution in [2.75, 3.05) is 45.8 Å². The number of thioether (sulfide) groups is 1. The molecule has 2 saturated heterocycles. The number of amides is 2. The van der Waals surface area contributed by atoms with Crippen LogP contribution in [0.4, 0.5) is 0 Å². The minimum atomic E-state index is -0.0503. The Bertz CT molecular complexity index is 840. The molecule has 0 spiro atoms. The van der Waals surface area contributed by atoms with Gasteiger partial charge in [0.15, 0.2) is 5.76 Å². The summed E-state index contributed by atoms with van der Waals surface area (Å²) in [7, 11) is 0. The predicted molar refractivity (Wildman–Crippen MR) is 117 cm³/mol. The fourth-order valence-electron chi connectivity index (χ4n) is 4.00. The van der Waals surface area contributed by atoms with Crippen LogP contribution in [0.3, 0.4) is 0 Å². The van der Waals surface area contributed by atoms with Crippen molar-refractivity contribution in [3.05, 3.63) is 54.0 Å². The third kappa shape index (κ3) is 5.26. The number of rotatable bonds is 6. The number of piperazine rings is 1. The van der Waals surface area contributed by atoms with Gasteiger partial charge in [0.25, 0.3) is 5.91 Å². The molecule has 30 heavy (non-hydrogen) atoms. The Labute approximate surface area is 182 Å². The van der Waals surface area contributed by atoms with Gasteiger partial charge in [-0.3, -0.25) is 14.5 Å². The largest absolute Gasteiger partial charge is 0.459 e. The van der Waals surface area contributed by atoms with E-state index in [-0.39, 0.29) is 11.8 Å². The number of hydrogen-bond acceptors (Lipinski definition) is 5. The Hall–Kier alpha value is -2.25. The van der Waals surface area contributed by atoms with Crippen molar-refractivity contribution in [3.63, 3.8) is 0 Å². The molecule has 0 N–H and O–H groups in total. The van der Waals surface area contributed by atoms with Crippen LogP contribution in [0.15, 0.2) is 52.0 Å². The lowest BCUT2D eigenvalue weighted by atomic mass is 10.1. The van der Waals surface area contributed by atoms with Gasteiger partial charge in [-0.25, -0.2) is 0 Å². The van der Waals surface area contributed by atoms with Crippen LogP contribution in [-0.2, 0) is 10.5 Å². The van der Waals surface area contributed by atoms with Crippen LogP contribution >= 0.6 is 11.8 Å². The predicted octanol–water partition coefficient (Wildman–Crippen LogP) is 3.34. The third-order valence-corrected chi connectivity index (χ3v) is 6.87. The van der Waals surface area contributed by atoms with Gasteiger partial charge >= 0.3 is 0 Å². The number of carbonyl (C=O) groups is 2. The Morgan fingerprint density at radius 3 is 2.33 bits per heavy atom. The second kappa shape index (κ2) is 10.2. The summed E-state index contributed by atoms with van der Waals surface area (Å²) in [4.78, 5) is 32.7. The molecule has 0 unspecified atom stereocenters. The number of nitrogens with zero attached hydrogens (tertiary/aromatic N) is 3. The average Bonchev–Trinajstić information content (AvgIpc) is 3.27. The van der Waals surface area contributed by atoms with Crippen molar-refractivity contribution in [1.82, 2.24) is 14.7 Å². The Morgan fingerprint density at radius 1 is 0.867 bits per heavy atom. The van der Waals surface area contributed by atoms with E-state index in [0.29, 0.717) is 31.1 Å². The van der Waals surface area contributed by atoms with Gasteiger partial charge in [0.05, 0.1) is 12.8 Å². The van der Waals surface area contributed by atoms with Gasteiger partial charge < -0.3 is 14.2 Å². The summed E-state index contributed by atoms with van der Waals surface area (Å²) in [6.45, 7) is 4.93. The molecule has 4 rings (SSSR count). The first kappa shape index (κ1) is 21.0. The lowest BCUT2D eigenvalue weighted by molar-refractivity contribution is -0.133. The molecule has 0 aliphatic carbocycles. The molecule has 0 atom stereocenters. The molecule has 1 aromatic carbocycles. The molecular weight excluding hydrogens is 398 g/mol. The fourth-order valence-corrected chi connectivity index (χ4v) is 4.90. The molecule has 2 aliphatic heterocycles. The highest BCUT2D eigenvalue weighted by Gasteiger charge is 2.27. The zero-order chi connectivity index (χ0) is 20.8. The number of hydrogen-bond donors (Lipinski definition) is 0. The molecule has 2 amide bonds. The van der Waals surface area contributed by atoms with Crippen LogP contribution in [0.25, 0.3) is 0 Å². The highest BCUT2D eigenvalue weighted by molar-refractivity contribution is 7.98. The third-order valence-electron chi connectivity index (χ3n) is 5.81. The summed E-state index contributed by atoms with van der Waals surface area (Å²) < 4.78 is 5.56. The van der Waals surface area contributed by atoms with Crippen LogP contribution in [-0.4, -0.2) is 72.3 Å². The van der Waals surface area contributed by atoms with Gasteiger partial charge in [-0.15, -0.1) is 11.8 Å². The smallest absolute Gasteiger partial charge is 0.289 e. The molecule has 2 aromatic rings. The normalized spacial score (nSPS) is 17.9. The summed E-state index contributed by atoms with van der Waals surface area (Å²) in [6.07, 6.45) is 5.05. The van der Waals surface area contributed by atoms with E-state index >= 15 is 0 Å². The van der Waals surface area contributed by atoms with E-state index in [9.17, 15) is 9.59 Å². The van der Waals surface area contributed by atoms with Gasteiger partial charge in [0.1, 0.15) is 0 Å². The van der Waals surface area contributed by atoms with E-state index in [1.165, 1.54) is 11.3 Å². The maximum atomic E-state index is 13.0. The molecule has 2 fully saturated rings. The minimum absolute atomic E-state index is 0.0503. The summed E-state index contributed by atoms with van der Waals surface area (Å²) >= 11 is 1.70. The van der Waals surface area contributed by atoms with Crippen molar-refractivity contribution < 1.29 is 14.0 Å². The van der Waals surface area contributed by atoms with Gasteiger partial charge in [-0.1, -0.05) is 18.2 Å². The highest BCUT2D eigenvalue weighted by Crippen LogP contribution is 2.25. The van der Waals surface area contributed by atoms with Crippen molar-refractivity contribution in [2.24, 2.45) is 0 Å². The first-order valence-electron chi connectivity index (χ1n) is 10.7. The van der Waals surface area contributed by atoms with Gasteiger partial charge in [0, 0.05) is 55.5 Å². The van der Waals surface area contributed by atoms with E-state index in [0.717, 1.165) is 44.6 Å². The van der Waals surface area contributed by atoms with Crippen molar-refractivity contribution in [1.29, 1.82) is 0 Å². The Kier molecular flexibility index (Phi) is 7.12. The Balaban J connectivity index is 1.27. The van der Waals surface area contributed by atoms with Crippen LogP contribution < -0.4 is 0 Å². The van der Waals surface area contributed by atoms with E-state index < -0.39 is 0 Å². The molecule has 0 radical (unpaired) electrons.